The van der Waals surface area contributed by atoms with E-state index >= 15 is 0 Å². The molecule has 4 amide bonds. The van der Waals surface area contributed by atoms with E-state index in [2.05, 4.69) is 10.3 Å². The van der Waals surface area contributed by atoms with Gasteiger partial charge in [0.05, 0.1) is 0 Å². The first kappa shape index (κ1) is 44.0. The van der Waals surface area contributed by atoms with Gasteiger partial charge in [0.25, 0.3) is 0 Å². The highest BCUT2D eigenvalue weighted by molar-refractivity contribution is 6.05. The van der Waals surface area contributed by atoms with Crippen molar-refractivity contribution in [3.63, 3.8) is 0 Å². The highest BCUT2D eigenvalue weighted by atomic mass is 16.6. The number of ether oxygens (including phenoxy) is 5. The molecule has 0 spiro atoms. The van der Waals surface area contributed by atoms with Crippen molar-refractivity contribution in [2.45, 2.75) is 131 Å². The number of nitrogens with one attached hydrogen (secondary N) is 1. The van der Waals surface area contributed by atoms with Crippen LogP contribution in [0.4, 0.5) is 19.2 Å². The second-order valence-electron chi connectivity index (χ2n) is 15.5. The molecule has 0 aliphatic carbocycles. The highest BCUT2D eigenvalue weighted by Gasteiger charge is 2.37. The Balaban J connectivity index is 2.49. The van der Waals surface area contributed by atoms with Crippen LogP contribution in [0.3, 0.4) is 0 Å². The number of carbonyl (C=O) groups excluding carboxylic acids is 5. The zero-order valence-electron chi connectivity index (χ0n) is 32.9. The van der Waals surface area contributed by atoms with Crippen LogP contribution in [-0.2, 0) is 41.7 Å². The van der Waals surface area contributed by atoms with Crippen molar-refractivity contribution in [1.29, 1.82) is 0 Å². The summed E-state index contributed by atoms with van der Waals surface area (Å²) in [7, 11) is 0. The third-order valence-corrected chi connectivity index (χ3v) is 6.65. The van der Waals surface area contributed by atoms with E-state index in [1.54, 1.807) is 125 Å². The number of hydrogen-bond acceptors (Lipinski definition) is 10. The molecule has 0 radical (unpaired) electrons. The smallest absolute Gasteiger partial charge is 0.437 e. The minimum atomic E-state index is -1.21. The molecule has 292 valence electrons. The number of nitrogens with zero attached hydrogens (tertiary/aromatic N) is 3. The molecule has 1 atom stereocenters. The van der Waals surface area contributed by atoms with Crippen LogP contribution in [0.2, 0.25) is 0 Å². The van der Waals surface area contributed by atoms with Gasteiger partial charge >= 0.3 is 30.3 Å². The zero-order valence-corrected chi connectivity index (χ0v) is 32.9. The molecule has 0 unspecified atom stereocenters. The topological polar surface area (TPSA) is 162 Å². The van der Waals surface area contributed by atoms with Gasteiger partial charge in [-0.1, -0.05) is 60.7 Å². The molecule has 0 heterocycles. The van der Waals surface area contributed by atoms with Gasteiger partial charge in [-0.15, -0.1) is 4.99 Å². The molecule has 0 saturated carbocycles. The molecule has 0 fully saturated rings. The number of alkyl carbamates (subject to hydrolysis) is 1. The predicted octanol–water partition coefficient (Wildman–Crippen LogP) is 7.98. The Kier molecular flexibility index (Phi) is 16.3. The van der Waals surface area contributed by atoms with Gasteiger partial charge in [-0.05, 0) is 100 Å². The summed E-state index contributed by atoms with van der Waals surface area (Å²) >= 11 is 0. The molecule has 0 aliphatic heterocycles. The van der Waals surface area contributed by atoms with Gasteiger partial charge in [-0.2, -0.15) is 0 Å². The molecule has 2 rings (SSSR count). The van der Waals surface area contributed by atoms with Gasteiger partial charge in [-0.25, -0.2) is 33.8 Å². The van der Waals surface area contributed by atoms with Gasteiger partial charge in [0.1, 0.15) is 36.1 Å². The standard InChI is InChI=1S/C39H56N4O10/c1-27(2)43(36(48)53-39(9,10)11)32(41-34(46)51-37(3,4)5)42(35(47)52-38(6,7)8)24-18-23-30(31(44)49-25-28-19-14-12-15-20-28)40-33(45)50-26-29-21-16-13-17-22-29/h12-17,19-22,27,30H,18,23-26H2,1-11H3,(H,40,45)/b41-32-/t30-/m0/s1. The zero-order chi connectivity index (χ0) is 40.0. The van der Waals surface area contributed by atoms with E-state index in [4.69, 9.17) is 23.7 Å². The van der Waals surface area contributed by atoms with Crippen molar-refractivity contribution in [2.75, 3.05) is 6.54 Å². The molecular formula is C39H56N4O10. The monoisotopic (exact) mass is 740 g/mol. The lowest BCUT2D eigenvalue weighted by Gasteiger charge is -2.36. The Hall–Kier alpha value is -5.14. The van der Waals surface area contributed by atoms with Crippen LogP contribution in [0, 0.1) is 0 Å². The van der Waals surface area contributed by atoms with E-state index in [0.717, 1.165) is 20.9 Å². The van der Waals surface area contributed by atoms with Gasteiger partial charge in [0, 0.05) is 12.6 Å². The summed E-state index contributed by atoms with van der Waals surface area (Å²) in [5, 5.41) is 2.58. The lowest BCUT2D eigenvalue weighted by Crippen LogP contribution is -2.55. The Morgan fingerprint density at radius 2 is 1.15 bits per heavy atom. The molecule has 0 aromatic heterocycles. The third-order valence-electron chi connectivity index (χ3n) is 6.65. The van der Waals surface area contributed by atoms with Crippen LogP contribution in [0.25, 0.3) is 0 Å². The molecule has 0 bridgehead atoms. The summed E-state index contributed by atoms with van der Waals surface area (Å²) in [6, 6.07) is 16.2. The maximum Gasteiger partial charge on any atom is 0.437 e. The van der Waals surface area contributed by atoms with Crippen molar-refractivity contribution in [3.8, 4) is 0 Å². The number of aliphatic imine (C=N–C) groups is 1. The maximum atomic E-state index is 13.9. The highest BCUT2D eigenvalue weighted by Crippen LogP contribution is 2.20. The molecule has 1 N–H and O–H groups in total. The van der Waals surface area contributed by atoms with Gasteiger partial charge in [0.15, 0.2) is 0 Å². The number of carbonyl (C=O) groups is 5. The van der Waals surface area contributed by atoms with Crippen molar-refractivity contribution in [2.24, 2.45) is 4.99 Å². The van der Waals surface area contributed by atoms with Gasteiger partial charge in [-0.3, -0.25) is 0 Å². The van der Waals surface area contributed by atoms with Crippen LogP contribution < -0.4 is 5.32 Å². The number of esters is 1. The molecule has 53 heavy (non-hydrogen) atoms. The van der Waals surface area contributed by atoms with E-state index in [1.165, 1.54) is 0 Å². The SMILES string of the molecule is CC(C)N(C(=O)OC(C)(C)C)/C(=N\C(=O)OC(C)(C)C)N(CCC[C@H](NC(=O)OCc1ccccc1)C(=O)OCc1ccccc1)C(=O)OC(C)(C)C. The summed E-state index contributed by atoms with van der Waals surface area (Å²) in [5.74, 6) is -1.15. The van der Waals surface area contributed by atoms with Crippen LogP contribution in [0.5, 0.6) is 0 Å². The first-order valence-corrected chi connectivity index (χ1v) is 17.6. The predicted molar refractivity (Wildman–Crippen MR) is 199 cm³/mol. The number of amides is 4. The Morgan fingerprint density at radius 3 is 1.62 bits per heavy atom. The lowest BCUT2D eigenvalue weighted by molar-refractivity contribution is -0.147. The number of benzene rings is 2. The Labute approximate surface area is 313 Å². The minimum Gasteiger partial charge on any atom is -0.459 e. The van der Waals surface area contributed by atoms with Crippen molar-refractivity contribution in [3.05, 3.63) is 71.8 Å². The molecule has 0 aliphatic rings. The fourth-order valence-corrected chi connectivity index (χ4v) is 4.47. The maximum absolute atomic E-state index is 13.9. The van der Waals surface area contributed by atoms with E-state index in [0.29, 0.717) is 0 Å². The Bertz CT molecular complexity index is 1540. The molecule has 2 aromatic rings. The summed E-state index contributed by atoms with van der Waals surface area (Å²) < 4.78 is 27.7. The van der Waals surface area contributed by atoms with Crippen LogP contribution in [0.1, 0.15) is 100 Å². The third kappa shape index (κ3) is 17.3. The molecule has 2 aromatic carbocycles. The first-order chi connectivity index (χ1) is 24.5. The van der Waals surface area contributed by atoms with E-state index in [9.17, 15) is 24.0 Å². The van der Waals surface area contributed by atoms with E-state index in [-0.39, 0.29) is 32.6 Å². The van der Waals surface area contributed by atoms with Crippen molar-refractivity contribution in [1.82, 2.24) is 15.1 Å². The number of rotatable bonds is 11. The van der Waals surface area contributed by atoms with E-state index in [1.807, 2.05) is 12.1 Å². The molecule has 14 nitrogen and oxygen atoms in total. The number of guanidine groups is 1. The fraction of sp³-hybridized carbons (Fsp3) is 0.538. The molecule has 0 saturated heterocycles. The summed E-state index contributed by atoms with van der Waals surface area (Å²) in [6.45, 7) is 17.9. The van der Waals surface area contributed by atoms with E-state index < -0.39 is 65.2 Å². The fourth-order valence-electron chi connectivity index (χ4n) is 4.47. The normalized spacial score (nSPS) is 12.6. The first-order valence-electron chi connectivity index (χ1n) is 17.6. The largest absolute Gasteiger partial charge is 0.459 e. The van der Waals surface area contributed by atoms with Crippen molar-refractivity contribution >= 4 is 36.3 Å². The number of hydrogen-bond donors (Lipinski definition) is 1. The molecule has 14 heteroatoms. The van der Waals surface area contributed by atoms with Crippen LogP contribution in [0.15, 0.2) is 65.7 Å². The average molecular weight is 741 g/mol. The van der Waals surface area contributed by atoms with Gasteiger partial charge in [0.2, 0.25) is 5.96 Å². The second-order valence-corrected chi connectivity index (χ2v) is 15.5. The lowest BCUT2D eigenvalue weighted by atomic mass is 10.1. The molecular weight excluding hydrogens is 684 g/mol. The Morgan fingerprint density at radius 1 is 0.679 bits per heavy atom. The summed E-state index contributed by atoms with van der Waals surface area (Å²) in [6.07, 6.45) is -3.78. The van der Waals surface area contributed by atoms with Crippen LogP contribution in [-0.4, -0.2) is 81.5 Å². The quantitative estimate of drug-likeness (QED) is 0.103. The second kappa shape index (κ2) is 19.6. The van der Waals surface area contributed by atoms with Crippen molar-refractivity contribution < 1.29 is 47.7 Å². The van der Waals surface area contributed by atoms with Gasteiger partial charge < -0.3 is 29.0 Å². The summed E-state index contributed by atoms with van der Waals surface area (Å²) in [4.78, 5) is 73.2. The minimum absolute atomic E-state index is 0.0247. The van der Waals surface area contributed by atoms with Crippen LogP contribution >= 0.6 is 0 Å². The summed E-state index contributed by atoms with van der Waals surface area (Å²) in [5.41, 5.74) is -1.40. The average Bonchev–Trinajstić information content (AvgIpc) is 3.02.